The molecule has 0 saturated heterocycles. The van der Waals surface area contributed by atoms with Gasteiger partial charge >= 0.3 is 0 Å². The second-order valence-electron chi connectivity index (χ2n) is 5.42. The van der Waals surface area contributed by atoms with E-state index in [2.05, 4.69) is 42.5 Å². The SMILES string of the molecule is NCC1(Cc2ccc3ccccc3c2)CCC1. The summed E-state index contributed by atoms with van der Waals surface area (Å²) in [5.41, 5.74) is 7.77. The van der Waals surface area contributed by atoms with Crippen LogP contribution >= 0.6 is 0 Å². The van der Waals surface area contributed by atoms with Crippen LogP contribution in [0.4, 0.5) is 0 Å². The minimum Gasteiger partial charge on any atom is -0.330 e. The molecule has 2 aromatic carbocycles. The van der Waals surface area contributed by atoms with Crippen molar-refractivity contribution in [3.05, 3.63) is 48.0 Å². The van der Waals surface area contributed by atoms with Gasteiger partial charge in [0.05, 0.1) is 0 Å². The standard InChI is InChI=1S/C16H19N/c17-12-16(8-3-9-16)11-13-6-7-14-4-1-2-5-15(14)10-13/h1-2,4-7,10H,3,8-9,11-12,17H2. The molecule has 0 bridgehead atoms. The Hall–Kier alpha value is -1.34. The Morgan fingerprint density at radius 1 is 1.00 bits per heavy atom. The minimum atomic E-state index is 0.405. The summed E-state index contributed by atoms with van der Waals surface area (Å²) in [7, 11) is 0. The largest absolute Gasteiger partial charge is 0.330 e. The molecule has 17 heavy (non-hydrogen) atoms. The Balaban J connectivity index is 1.90. The molecular weight excluding hydrogens is 206 g/mol. The van der Waals surface area contributed by atoms with Gasteiger partial charge < -0.3 is 5.73 Å². The van der Waals surface area contributed by atoms with E-state index in [1.54, 1.807) is 0 Å². The Morgan fingerprint density at radius 2 is 1.76 bits per heavy atom. The summed E-state index contributed by atoms with van der Waals surface area (Å²) in [6, 6.07) is 15.4. The van der Waals surface area contributed by atoms with Crippen molar-refractivity contribution in [1.82, 2.24) is 0 Å². The lowest BCUT2D eigenvalue weighted by molar-refractivity contribution is 0.145. The quantitative estimate of drug-likeness (QED) is 0.850. The molecule has 0 heterocycles. The molecule has 1 aliphatic rings. The van der Waals surface area contributed by atoms with E-state index in [0.29, 0.717) is 5.41 Å². The van der Waals surface area contributed by atoms with Gasteiger partial charge in [0.25, 0.3) is 0 Å². The van der Waals surface area contributed by atoms with E-state index in [4.69, 9.17) is 5.73 Å². The first kappa shape index (κ1) is 10.8. The highest BCUT2D eigenvalue weighted by Crippen LogP contribution is 2.42. The van der Waals surface area contributed by atoms with Crippen LogP contribution in [0.15, 0.2) is 42.5 Å². The molecule has 0 aliphatic heterocycles. The number of rotatable bonds is 3. The summed E-state index contributed by atoms with van der Waals surface area (Å²) < 4.78 is 0. The smallest absolute Gasteiger partial charge is 0.00173 e. The van der Waals surface area contributed by atoms with E-state index in [-0.39, 0.29) is 0 Å². The molecule has 0 spiro atoms. The van der Waals surface area contributed by atoms with Gasteiger partial charge in [-0.3, -0.25) is 0 Å². The van der Waals surface area contributed by atoms with Crippen LogP contribution in [-0.2, 0) is 6.42 Å². The minimum absolute atomic E-state index is 0.405. The molecule has 0 radical (unpaired) electrons. The van der Waals surface area contributed by atoms with Crippen LogP contribution < -0.4 is 5.73 Å². The Labute approximate surface area is 103 Å². The predicted octanol–water partition coefficient (Wildman–Crippen LogP) is 3.51. The lowest BCUT2D eigenvalue weighted by atomic mass is 9.65. The van der Waals surface area contributed by atoms with Gasteiger partial charge in [-0.1, -0.05) is 48.9 Å². The van der Waals surface area contributed by atoms with Gasteiger partial charge in [0.15, 0.2) is 0 Å². The maximum atomic E-state index is 5.93. The Morgan fingerprint density at radius 3 is 2.41 bits per heavy atom. The van der Waals surface area contributed by atoms with E-state index in [1.165, 1.54) is 35.6 Å². The van der Waals surface area contributed by atoms with Gasteiger partial charge in [0.1, 0.15) is 0 Å². The van der Waals surface area contributed by atoms with Gasteiger partial charge in [0, 0.05) is 0 Å². The Kier molecular flexibility index (Phi) is 2.64. The maximum absolute atomic E-state index is 5.93. The number of fused-ring (bicyclic) bond motifs is 1. The first-order valence-corrected chi connectivity index (χ1v) is 6.49. The second kappa shape index (κ2) is 4.15. The average molecular weight is 225 g/mol. The molecule has 1 heteroatoms. The van der Waals surface area contributed by atoms with E-state index in [0.717, 1.165) is 13.0 Å². The third kappa shape index (κ3) is 1.96. The van der Waals surface area contributed by atoms with Crippen molar-refractivity contribution in [3.8, 4) is 0 Å². The summed E-state index contributed by atoms with van der Waals surface area (Å²) in [5, 5.41) is 2.67. The zero-order valence-corrected chi connectivity index (χ0v) is 10.2. The normalized spacial score (nSPS) is 17.9. The van der Waals surface area contributed by atoms with Crippen molar-refractivity contribution in [1.29, 1.82) is 0 Å². The van der Waals surface area contributed by atoms with Crippen LogP contribution in [0.3, 0.4) is 0 Å². The van der Waals surface area contributed by atoms with Crippen molar-refractivity contribution in [3.63, 3.8) is 0 Å². The third-order valence-electron chi connectivity index (χ3n) is 4.24. The Bertz CT molecular complexity index is 520. The van der Waals surface area contributed by atoms with Crippen molar-refractivity contribution in [2.24, 2.45) is 11.1 Å². The van der Waals surface area contributed by atoms with E-state index in [9.17, 15) is 0 Å². The van der Waals surface area contributed by atoms with Crippen LogP contribution in [0.25, 0.3) is 10.8 Å². The predicted molar refractivity (Wildman–Crippen MR) is 73.0 cm³/mol. The van der Waals surface area contributed by atoms with Crippen LogP contribution in [0.2, 0.25) is 0 Å². The van der Waals surface area contributed by atoms with Gasteiger partial charge in [-0.05, 0) is 47.6 Å². The maximum Gasteiger partial charge on any atom is -0.00173 e. The van der Waals surface area contributed by atoms with Gasteiger partial charge in [-0.2, -0.15) is 0 Å². The third-order valence-corrected chi connectivity index (χ3v) is 4.24. The van der Waals surface area contributed by atoms with Crippen LogP contribution in [-0.4, -0.2) is 6.54 Å². The van der Waals surface area contributed by atoms with E-state index >= 15 is 0 Å². The summed E-state index contributed by atoms with van der Waals surface area (Å²) in [4.78, 5) is 0. The summed E-state index contributed by atoms with van der Waals surface area (Å²) in [6.07, 6.45) is 5.10. The summed E-state index contributed by atoms with van der Waals surface area (Å²) in [6.45, 7) is 0.833. The number of hydrogen-bond acceptors (Lipinski definition) is 1. The molecule has 1 aliphatic carbocycles. The first-order valence-electron chi connectivity index (χ1n) is 6.49. The van der Waals surface area contributed by atoms with Crippen molar-refractivity contribution in [2.75, 3.05) is 6.54 Å². The van der Waals surface area contributed by atoms with E-state index < -0.39 is 0 Å². The fraction of sp³-hybridized carbons (Fsp3) is 0.375. The molecule has 1 fully saturated rings. The van der Waals surface area contributed by atoms with Crippen LogP contribution in [0, 0.1) is 5.41 Å². The van der Waals surface area contributed by atoms with Crippen LogP contribution in [0.5, 0.6) is 0 Å². The summed E-state index contributed by atoms with van der Waals surface area (Å²) >= 11 is 0. The highest BCUT2D eigenvalue weighted by Gasteiger charge is 2.35. The second-order valence-corrected chi connectivity index (χ2v) is 5.42. The highest BCUT2D eigenvalue weighted by molar-refractivity contribution is 5.83. The molecule has 2 N–H and O–H groups in total. The van der Waals surface area contributed by atoms with Gasteiger partial charge in [-0.15, -0.1) is 0 Å². The zero-order chi connectivity index (χ0) is 11.7. The molecule has 1 nitrogen and oxygen atoms in total. The molecule has 88 valence electrons. The van der Waals surface area contributed by atoms with Crippen molar-refractivity contribution < 1.29 is 0 Å². The van der Waals surface area contributed by atoms with Gasteiger partial charge in [-0.25, -0.2) is 0 Å². The first-order chi connectivity index (χ1) is 8.31. The van der Waals surface area contributed by atoms with Crippen molar-refractivity contribution >= 4 is 10.8 Å². The van der Waals surface area contributed by atoms with Gasteiger partial charge in [0.2, 0.25) is 0 Å². The lowest BCUT2D eigenvalue weighted by Gasteiger charge is -2.41. The lowest BCUT2D eigenvalue weighted by Crippen LogP contribution is -2.39. The molecule has 1 saturated carbocycles. The molecule has 0 atom stereocenters. The summed E-state index contributed by atoms with van der Waals surface area (Å²) in [5.74, 6) is 0. The topological polar surface area (TPSA) is 26.0 Å². The molecule has 2 aromatic rings. The number of benzene rings is 2. The van der Waals surface area contributed by atoms with E-state index in [1.807, 2.05) is 0 Å². The average Bonchev–Trinajstić information content (AvgIpc) is 2.34. The molecule has 0 unspecified atom stereocenters. The molecule has 3 rings (SSSR count). The van der Waals surface area contributed by atoms with Crippen LogP contribution in [0.1, 0.15) is 24.8 Å². The monoisotopic (exact) mass is 225 g/mol. The van der Waals surface area contributed by atoms with Crippen molar-refractivity contribution in [2.45, 2.75) is 25.7 Å². The zero-order valence-electron chi connectivity index (χ0n) is 10.2. The molecule has 0 aromatic heterocycles. The fourth-order valence-electron chi connectivity index (χ4n) is 2.91. The highest BCUT2D eigenvalue weighted by atomic mass is 14.6. The molecule has 0 amide bonds. The number of hydrogen-bond donors (Lipinski definition) is 1. The molecular formula is C16H19N. The number of nitrogens with two attached hydrogens (primary N) is 1. The fourth-order valence-corrected chi connectivity index (χ4v) is 2.91.